The average Bonchev–Trinajstić information content (AvgIpc) is 2.30. The fourth-order valence-electron chi connectivity index (χ4n) is 1.18. The van der Waals surface area contributed by atoms with Crippen LogP contribution in [0, 0.1) is 11.3 Å². The van der Waals surface area contributed by atoms with Gasteiger partial charge in [-0.15, -0.1) is 0 Å². The highest BCUT2D eigenvalue weighted by atomic mass is 14.9. The second-order valence-electron chi connectivity index (χ2n) is 3.03. The maximum Gasteiger partial charge on any atom is 0.159 e. The number of rotatable bonds is 1. The molecular formula is C11H8N4. The molecule has 1 heterocycles. The van der Waals surface area contributed by atoms with Crippen LogP contribution in [0.3, 0.4) is 0 Å². The zero-order valence-electron chi connectivity index (χ0n) is 7.88. The van der Waals surface area contributed by atoms with Crippen LogP contribution in [0.1, 0.15) is 5.56 Å². The zero-order valence-corrected chi connectivity index (χ0v) is 7.88. The molecule has 4 heteroatoms. The Balaban J connectivity index is 2.38. The number of hydrogen-bond donors (Lipinski definition) is 1. The summed E-state index contributed by atoms with van der Waals surface area (Å²) in [7, 11) is 0. The SMILES string of the molecule is N#Cc1ccc(-c2ncc(N)cn2)cc1. The van der Waals surface area contributed by atoms with Gasteiger partial charge in [-0.05, 0) is 24.3 Å². The lowest BCUT2D eigenvalue weighted by Crippen LogP contribution is -1.92. The van der Waals surface area contributed by atoms with Crippen LogP contribution in [0.2, 0.25) is 0 Å². The van der Waals surface area contributed by atoms with Gasteiger partial charge < -0.3 is 5.73 Å². The van der Waals surface area contributed by atoms with Crippen molar-refractivity contribution in [1.29, 1.82) is 5.26 Å². The summed E-state index contributed by atoms with van der Waals surface area (Å²) < 4.78 is 0. The number of nitrogens with two attached hydrogens (primary N) is 1. The van der Waals surface area contributed by atoms with E-state index in [-0.39, 0.29) is 0 Å². The number of nitrogen functional groups attached to an aromatic ring is 1. The van der Waals surface area contributed by atoms with Crippen LogP contribution in [0.5, 0.6) is 0 Å². The molecule has 1 aromatic heterocycles. The largest absolute Gasteiger partial charge is 0.396 e. The van der Waals surface area contributed by atoms with Gasteiger partial charge in [-0.3, -0.25) is 0 Å². The third-order valence-electron chi connectivity index (χ3n) is 1.94. The van der Waals surface area contributed by atoms with E-state index in [1.807, 2.05) is 12.1 Å². The molecule has 15 heavy (non-hydrogen) atoms. The molecule has 0 radical (unpaired) electrons. The molecule has 0 aliphatic rings. The van der Waals surface area contributed by atoms with Crippen molar-refractivity contribution in [2.45, 2.75) is 0 Å². The van der Waals surface area contributed by atoms with E-state index in [4.69, 9.17) is 11.0 Å². The minimum Gasteiger partial charge on any atom is -0.396 e. The first-order valence-electron chi connectivity index (χ1n) is 4.37. The van der Waals surface area contributed by atoms with E-state index >= 15 is 0 Å². The summed E-state index contributed by atoms with van der Waals surface area (Å²) in [6, 6.07) is 9.14. The summed E-state index contributed by atoms with van der Waals surface area (Å²) in [6.45, 7) is 0. The van der Waals surface area contributed by atoms with Crippen molar-refractivity contribution in [3.05, 3.63) is 42.2 Å². The molecular weight excluding hydrogens is 188 g/mol. The Labute approximate surface area is 87.0 Å². The second kappa shape index (κ2) is 3.76. The normalized spacial score (nSPS) is 9.53. The summed E-state index contributed by atoms with van der Waals surface area (Å²) in [5.74, 6) is 0.605. The van der Waals surface area contributed by atoms with Crippen molar-refractivity contribution < 1.29 is 0 Å². The summed E-state index contributed by atoms with van der Waals surface area (Å²) in [6.07, 6.45) is 3.11. The lowest BCUT2D eigenvalue weighted by molar-refractivity contribution is 1.18. The quantitative estimate of drug-likeness (QED) is 0.751. The fourth-order valence-corrected chi connectivity index (χ4v) is 1.18. The molecule has 72 valence electrons. The van der Waals surface area contributed by atoms with Crippen LogP contribution in [0.4, 0.5) is 5.69 Å². The van der Waals surface area contributed by atoms with Crippen LogP contribution in [0.15, 0.2) is 36.7 Å². The third-order valence-corrected chi connectivity index (χ3v) is 1.94. The van der Waals surface area contributed by atoms with Gasteiger partial charge in [-0.25, -0.2) is 9.97 Å². The number of hydrogen-bond acceptors (Lipinski definition) is 4. The standard InChI is InChI=1S/C11H8N4/c12-5-8-1-3-9(4-2-8)11-14-6-10(13)7-15-11/h1-4,6-7H,13H2. The zero-order chi connectivity index (χ0) is 10.7. The van der Waals surface area contributed by atoms with Gasteiger partial charge in [0.15, 0.2) is 5.82 Å². The van der Waals surface area contributed by atoms with Gasteiger partial charge in [0.25, 0.3) is 0 Å². The van der Waals surface area contributed by atoms with Crippen LogP contribution in [-0.2, 0) is 0 Å². The molecule has 0 fully saturated rings. The molecule has 0 saturated heterocycles. The highest BCUT2D eigenvalue weighted by Gasteiger charge is 2.00. The summed E-state index contributed by atoms with van der Waals surface area (Å²) in [5, 5.41) is 8.64. The number of anilines is 1. The maximum absolute atomic E-state index is 8.64. The summed E-state index contributed by atoms with van der Waals surface area (Å²) in [5.41, 5.74) is 7.51. The van der Waals surface area contributed by atoms with Gasteiger partial charge >= 0.3 is 0 Å². The van der Waals surface area contributed by atoms with Crippen molar-refractivity contribution >= 4 is 5.69 Å². The Morgan fingerprint density at radius 3 is 2.20 bits per heavy atom. The van der Waals surface area contributed by atoms with Crippen molar-refractivity contribution in [3.63, 3.8) is 0 Å². The molecule has 0 unspecified atom stereocenters. The van der Waals surface area contributed by atoms with E-state index in [1.54, 1.807) is 24.5 Å². The number of benzene rings is 1. The van der Waals surface area contributed by atoms with E-state index in [2.05, 4.69) is 16.0 Å². The predicted molar refractivity (Wildman–Crippen MR) is 56.6 cm³/mol. The maximum atomic E-state index is 8.64. The van der Waals surface area contributed by atoms with Gasteiger partial charge in [0.1, 0.15) is 0 Å². The van der Waals surface area contributed by atoms with Crippen molar-refractivity contribution in [3.8, 4) is 17.5 Å². The number of nitrogens with zero attached hydrogens (tertiary/aromatic N) is 3. The first-order chi connectivity index (χ1) is 7.29. The van der Waals surface area contributed by atoms with Crippen LogP contribution >= 0.6 is 0 Å². The molecule has 2 rings (SSSR count). The van der Waals surface area contributed by atoms with Crippen molar-refractivity contribution in [2.24, 2.45) is 0 Å². The molecule has 1 aromatic carbocycles. The first kappa shape index (κ1) is 9.16. The van der Waals surface area contributed by atoms with E-state index in [9.17, 15) is 0 Å². The molecule has 0 atom stereocenters. The van der Waals surface area contributed by atoms with Crippen molar-refractivity contribution in [2.75, 3.05) is 5.73 Å². The third kappa shape index (κ3) is 1.92. The Kier molecular flexibility index (Phi) is 2.30. The van der Waals surface area contributed by atoms with Crippen molar-refractivity contribution in [1.82, 2.24) is 9.97 Å². The molecule has 0 bridgehead atoms. The average molecular weight is 196 g/mol. The predicted octanol–water partition coefficient (Wildman–Crippen LogP) is 1.60. The number of nitriles is 1. The lowest BCUT2D eigenvalue weighted by atomic mass is 10.1. The first-order valence-corrected chi connectivity index (χ1v) is 4.37. The highest BCUT2D eigenvalue weighted by Crippen LogP contribution is 2.15. The summed E-state index contributed by atoms with van der Waals surface area (Å²) >= 11 is 0. The molecule has 4 nitrogen and oxygen atoms in total. The minimum atomic E-state index is 0.535. The monoisotopic (exact) mass is 196 g/mol. The highest BCUT2D eigenvalue weighted by molar-refractivity contribution is 5.57. The number of aromatic nitrogens is 2. The van der Waals surface area contributed by atoms with Gasteiger partial charge in [0.2, 0.25) is 0 Å². The smallest absolute Gasteiger partial charge is 0.159 e. The van der Waals surface area contributed by atoms with Gasteiger partial charge in [0, 0.05) is 5.56 Å². The van der Waals surface area contributed by atoms with E-state index in [1.165, 1.54) is 0 Å². The van der Waals surface area contributed by atoms with Gasteiger partial charge in [-0.1, -0.05) is 0 Å². The molecule has 2 aromatic rings. The Morgan fingerprint density at radius 2 is 1.67 bits per heavy atom. The van der Waals surface area contributed by atoms with E-state index < -0.39 is 0 Å². The molecule has 0 spiro atoms. The van der Waals surface area contributed by atoms with Crippen LogP contribution in [0.25, 0.3) is 11.4 Å². The van der Waals surface area contributed by atoms with E-state index in [0.29, 0.717) is 17.1 Å². The lowest BCUT2D eigenvalue weighted by Gasteiger charge is -1.99. The second-order valence-corrected chi connectivity index (χ2v) is 3.03. The van der Waals surface area contributed by atoms with Crippen LogP contribution in [-0.4, -0.2) is 9.97 Å². The Bertz CT molecular complexity index is 494. The molecule has 0 aliphatic heterocycles. The summed E-state index contributed by atoms with van der Waals surface area (Å²) in [4.78, 5) is 8.17. The van der Waals surface area contributed by atoms with Crippen LogP contribution < -0.4 is 5.73 Å². The fraction of sp³-hybridized carbons (Fsp3) is 0. The molecule has 0 saturated carbocycles. The molecule has 0 amide bonds. The molecule has 0 aliphatic carbocycles. The van der Waals surface area contributed by atoms with Gasteiger partial charge in [-0.2, -0.15) is 5.26 Å². The Hall–Kier alpha value is -2.41. The topological polar surface area (TPSA) is 75.6 Å². The molecule has 2 N–H and O–H groups in total. The Morgan fingerprint density at radius 1 is 1.07 bits per heavy atom. The minimum absolute atomic E-state index is 0.535. The van der Waals surface area contributed by atoms with Gasteiger partial charge in [0.05, 0.1) is 29.7 Å². The van der Waals surface area contributed by atoms with E-state index in [0.717, 1.165) is 5.56 Å².